The van der Waals surface area contributed by atoms with Crippen molar-refractivity contribution in [3.8, 4) is 5.75 Å². The molecule has 1 aromatic carbocycles. The Bertz CT molecular complexity index is 480. The summed E-state index contributed by atoms with van der Waals surface area (Å²) < 4.78 is 49.5. The van der Waals surface area contributed by atoms with Gasteiger partial charge in [0, 0.05) is 0 Å². The van der Waals surface area contributed by atoms with Crippen LogP contribution < -0.4 is 0 Å². The molecule has 2 rings (SSSR count). The molecular weight excluding hydrogens is 234 g/mol. The first-order valence-electron chi connectivity index (χ1n) is 3.75. The molecule has 0 radical (unpaired) electrons. The number of nitrogens with zero attached hydrogens (tertiary/aromatic N) is 1. The van der Waals surface area contributed by atoms with Gasteiger partial charge in [0.05, 0.1) is 4.70 Å². The Hall–Kier alpha value is -1.37. The van der Waals surface area contributed by atoms with Crippen molar-refractivity contribution in [2.24, 2.45) is 0 Å². The van der Waals surface area contributed by atoms with E-state index in [-0.39, 0.29) is 21.6 Å². The molecule has 80 valence electrons. The van der Waals surface area contributed by atoms with E-state index in [1.807, 2.05) is 0 Å². The second-order valence-electron chi connectivity index (χ2n) is 2.76. The number of halogens is 4. The van der Waals surface area contributed by atoms with E-state index in [0.29, 0.717) is 0 Å². The summed E-state index contributed by atoms with van der Waals surface area (Å²) >= 11 is 0.174. The number of hydrogen-bond acceptors (Lipinski definition) is 3. The maximum Gasteiger partial charge on any atom is 0.443 e. The maximum absolute atomic E-state index is 13.1. The summed E-state index contributed by atoms with van der Waals surface area (Å²) in [6, 6.07) is 1.87. The summed E-state index contributed by atoms with van der Waals surface area (Å²) in [6.07, 6.45) is -4.62. The molecule has 7 heteroatoms. The standard InChI is InChI=1S/C8H3F4NOS/c9-3-1-2-4(14)5-6(3)15-7(13-5)8(10,11)12/h1-2,14H. The summed E-state index contributed by atoms with van der Waals surface area (Å²) in [5.41, 5.74) is -0.354. The largest absolute Gasteiger partial charge is 0.506 e. The molecule has 0 saturated carbocycles. The summed E-state index contributed by atoms with van der Waals surface area (Å²) in [6.45, 7) is 0. The lowest BCUT2D eigenvalue weighted by atomic mass is 10.3. The van der Waals surface area contributed by atoms with E-state index in [1.165, 1.54) is 0 Å². The fourth-order valence-electron chi connectivity index (χ4n) is 1.08. The predicted molar refractivity (Wildman–Crippen MR) is 46.2 cm³/mol. The van der Waals surface area contributed by atoms with Gasteiger partial charge < -0.3 is 5.11 Å². The monoisotopic (exact) mass is 237 g/mol. The summed E-state index contributed by atoms with van der Waals surface area (Å²) in [4.78, 5) is 3.15. The van der Waals surface area contributed by atoms with Crippen molar-refractivity contribution in [3.63, 3.8) is 0 Å². The molecule has 0 aliphatic rings. The van der Waals surface area contributed by atoms with Gasteiger partial charge in [0.1, 0.15) is 17.1 Å². The van der Waals surface area contributed by atoms with Gasteiger partial charge in [-0.05, 0) is 12.1 Å². The van der Waals surface area contributed by atoms with Gasteiger partial charge in [-0.15, -0.1) is 11.3 Å². The molecule has 0 saturated heterocycles. The second-order valence-corrected chi connectivity index (χ2v) is 3.76. The van der Waals surface area contributed by atoms with Crippen molar-refractivity contribution in [1.82, 2.24) is 4.98 Å². The first-order valence-corrected chi connectivity index (χ1v) is 4.56. The number of aromatic hydroxyl groups is 1. The molecule has 1 heterocycles. The molecule has 0 aliphatic heterocycles. The van der Waals surface area contributed by atoms with Crippen molar-refractivity contribution >= 4 is 21.6 Å². The highest BCUT2D eigenvalue weighted by Crippen LogP contribution is 2.38. The Morgan fingerprint density at radius 1 is 1.27 bits per heavy atom. The number of alkyl halides is 3. The van der Waals surface area contributed by atoms with Crippen molar-refractivity contribution in [2.75, 3.05) is 0 Å². The average molecular weight is 237 g/mol. The van der Waals surface area contributed by atoms with E-state index >= 15 is 0 Å². The number of rotatable bonds is 0. The van der Waals surface area contributed by atoms with Crippen LogP contribution in [0, 0.1) is 5.82 Å². The molecule has 0 bridgehead atoms. The average Bonchev–Trinajstić information content (AvgIpc) is 2.56. The van der Waals surface area contributed by atoms with Crippen LogP contribution in [0.1, 0.15) is 5.01 Å². The molecule has 0 unspecified atom stereocenters. The lowest BCUT2D eigenvalue weighted by molar-refractivity contribution is -0.137. The fourth-order valence-corrected chi connectivity index (χ4v) is 1.94. The minimum Gasteiger partial charge on any atom is -0.506 e. The molecule has 1 N–H and O–H groups in total. The fraction of sp³-hybridized carbons (Fsp3) is 0.125. The molecular formula is C8H3F4NOS. The third-order valence-electron chi connectivity index (χ3n) is 1.72. The summed E-state index contributed by atoms with van der Waals surface area (Å²) in [5.74, 6) is -1.28. The number of hydrogen-bond donors (Lipinski definition) is 1. The van der Waals surface area contributed by atoms with Gasteiger partial charge >= 0.3 is 6.18 Å². The maximum atomic E-state index is 13.1. The minimum atomic E-state index is -4.62. The zero-order chi connectivity index (χ0) is 11.2. The Morgan fingerprint density at radius 2 is 1.93 bits per heavy atom. The smallest absolute Gasteiger partial charge is 0.443 e. The van der Waals surface area contributed by atoms with Crippen LogP contribution in [0.5, 0.6) is 5.75 Å². The van der Waals surface area contributed by atoms with Crippen LogP contribution >= 0.6 is 11.3 Å². The highest BCUT2D eigenvalue weighted by atomic mass is 32.1. The Morgan fingerprint density at radius 3 is 2.47 bits per heavy atom. The molecule has 1 aromatic heterocycles. The van der Waals surface area contributed by atoms with Crippen molar-refractivity contribution < 1.29 is 22.7 Å². The van der Waals surface area contributed by atoms with Gasteiger partial charge in [-0.1, -0.05) is 0 Å². The quantitative estimate of drug-likeness (QED) is 0.714. The zero-order valence-corrected chi connectivity index (χ0v) is 7.79. The van der Waals surface area contributed by atoms with E-state index in [9.17, 15) is 22.7 Å². The zero-order valence-electron chi connectivity index (χ0n) is 6.97. The molecule has 0 amide bonds. The first kappa shape index (κ1) is 10.2. The molecule has 15 heavy (non-hydrogen) atoms. The van der Waals surface area contributed by atoms with E-state index in [0.717, 1.165) is 12.1 Å². The number of benzene rings is 1. The normalized spacial score (nSPS) is 12.3. The topological polar surface area (TPSA) is 33.1 Å². The number of phenolic OH excluding ortho intramolecular Hbond substituents is 1. The van der Waals surface area contributed by atoms with Crippen LogP contribution in [0.3, 0.4) is 0 Å². The molecule has 0 spiro atoms. The summed E-state index contributed by atoms with van der Waals surface area (Å²) in [5, 5.41) is 8.02. The third kappa shape index (κ3) is 1.63. The van der Waals surface area contributed by atoms with Gasteiger partial charge in [-0.2, -0.15) is 13.2 Å². The number of phenols is 1. The van der Waals surface area contributed by atoms with Crippen LogP contribution in [-0.2, 0) is 6.18 Å². The molecule has 2 nitrogen and oxygen atoms in total. The van der Waals surface area contributed by atoms with Gasteiger partial charge in [-0.25, -0.2) is 9.37 Å². The highest BCUT2D eigenvalue weighted by molar-refractivity contribution is 7.18. The first-order chi connectivity index (χ1) is 6.89. The number of thiazole rings is 1. The molecule has 0 atom stereocenters. The minimum absolute atomic E-state index is 0.174. The van der Waals surface area contributed by atoms with Gasteiger partial charge in [-0.3, -0.25) is 0 Å². The van der Waals surface area contributed by atoms with Crippen LogP contribution in [-0.4, -0.2) is 10.1 Å². The third-order valence-corrected chi connectivity index (χ3v) is 2.83. The molecule has 0 fully saturated rings. The van der Waals surface area contributed by atoms with E-state index < -0.39 is 22.8 Å². The van der Waals surface area contributed by atoms with Gasteiger partial charge in [0.25, 0.3) is 0 Å². The van der Waals surface area contributed by atoms with Crippen LogP contribution in [0.15, 0.2) is 12.1 Å². The van der Waals surface area contributed by atoms with Crippen LogP contribution in [0.4, 0.5) is 17.6 Å². The van der Waals surface area contributed by atoms with E-state index in [2.05, 4.69) is 4.98 Å². The lowest BCUT2D eigenvalue weighted by Gasteiger charge is -1.98. The van der Waals surface area contributed by atoms with Crippen molar-refractivity contribution in [1.29, 1.82) is 0 Å². The predicted octanol–water partition coefficient (Wildman–Crippen LogP) is 3.16. The van der Waals surface area contributed by atoms with Crippen molar-refractivity contribution in [3.05, 3.63) is 23.0 Å². The van der Waals surface area contributed by atoms with Crippen molar-refractivity contribution in [2.45, 2.75) is 6.18 Å². The lowest BCUT2D eigenvalue weighted by Crippen LogP contribution is -2.03. The van der Waals surface area contributed by atoms with E-state index in [1.54, 1.807) is 0 Å². The molecule has 0 aliphatic carbocycles. The highest BCUT2D eigenvalue weighted by Gasteiger charge is 2.35. The molecule has 2 aromatic rings. The Balaban J connectivity index is 2.76. The SMILES string of the molecule is Oc1ccc(F)c2sc(C(F)(F)F)nc12. The van der Waals surface area contributed by atoms with E-state index in [4.69, 9.17) is 0 Å². The van der Waals surface area contributed by atoms with Crippen LogP contribution in [0.2, 0.25) is 0 Å². The summed E-state index contributed by atoms with van der Waals surface area (Å²) in [7, 11) is 0. The van der Waals surface area contributed by atoms with Crippen LogP contribution in [0.25, 0.3) is 10.2 Å². The number of aromatic nitrogens is 1. The Labute approximate surface area is 84.8 Å². The van der Waals surface area contributed by atoms with Gasteiger partial charge in [0.2, 0.25) is 0 Å². The second kappa shape index (κ2) is 3.06. The Kier molecular flexibility index (Phi) is 2.07. The number of fused-ring (bicyclic) bond motifs is 1. The van der Waals surface area contributed by atoms with Gasteiger partial charge in [0.15, 0.2) is 5.01 Å².